The number of benzene rings is 1. The van der Waals surface area contributed by atoms with E-state index in [1.807, 2.05) is 0 Å². The molecular weight excluding hydrogens is 319 g/mol. The Labute approximate surface area is 138 Å². The molecule has 0 N–H and O–H groups in total. The summed E-state index contributed by atoms with van der Waals surface area (Å²) in [6, 6.07) is 7.26. The number of ether oxygens (including phenoxy) is 2. The highest BCUT2D eigenvalue weighted by Gasteiger charge is 2.33. The van der Waals surface area contributed by atoms with Crippen molar-refractivity contribution in [2.45, 2.75) is 39.0 Å². The average molecular weight is 336 g/mol. The van der Waals surface area contributed by atoms with Crippen LogP contribution in [0.15, 0.2) is 18.2 Å². The summed E-state index contributed by atoms with van der Waals surface area (Å²) in [5.74, 6) is 0.299. The summed E-state index contributed by atoms with van der Waals surface area (Å²) in [5, 5.41) is 0. The highest BCUT2D eigenvalue weighted by molar-refractivity contribution is 5.76. The van der Waals surface area contributed by atoms with Gasteiger partial charge in [-0.3, -0.25) is 0 Å². The third kappa shape index (κ3) is 3.18. The molecule has 1 aliphatic rings. The van der Waals surface area contributed by atoms with E-state index in [1.54, 1.807) is 20.1 Å². The summed E-state index contributed by atoms with van der Waals surface area (Å²) in [6.45, 7) is 1.77. The number of alkyl halides is 3. The molecule has 0 saturated carbocycles. The van der Waals surface area contributed by atoms with Crippen molar-refractivity contribution in [3.63, 3.8) is 0 Å². The molecule has 0 amide bonds. The van der Waals surface area contributed by atoms with E-state index in [-0.39, 0.29) is 5.75 Å². The van der Waals surface area contributed by atoms with Crippen LogP contribution in [0.4, 0.5) is 13.2 Å². The van der Waals surface area contributed by atoms with Gasteiger partial charge < -0.3 is 9.47 Å². The van der Waals surface area contributed by atoms with Gasteiger partial charge >= 0.3 is 6.36 Å². The van der Waals surface area contributed by atoms with Crippen molar-refractivity contribution in [2.24, 2.45) is 0 Å². The van der Waals surface area contributed by atoms with Crippen molar-refractivity contribution in [1.82, 2.24) is 4.98 Å². The number of methoxy groups -OCH3 is 1. The fourth-order valence-electron chi connectivity index (χ4n) is 3.24. The van der Waals surface area contributed by atoms with Crippen LogP contribution in [0.25, 0.3) is 11.1 Å². The molecule has 1 heterocycles. The minimum atomic E-state index is -4.75. The number of nitrogens with zero attached hydrogens (tertiary/aromatic N) is 1. The minimum Gasteiger partial charge on any atom is -0.481 e. The molecule has 3 rings (SSSR count). The SMILES string of the molecule is COc1nc(C)c(-c2[c]cccc2OC(F)(F)F)c2c1CCCC2. The first-order valence-electron chi connectivity index (χ1n) is 7.74. The fourth-order valence-corrected chi connectivity index (χ4v) is 3.24. The minimum absolute atomic E-state index is 0.257. The first-order chi connectivity index (χ1) is 11.4. The van der Waals surface area contributed by atoms with E-state index in [0.29, 0.717) is 22.7 Å². The number of hydrogen-bond donors (Lipinski definition) is 0. The molecule has 1 radical (unpaired) electrons. The maximum absolute atomic E-state index is 12.7. The molecule has 127 valence electrons. The van der Waals surface area contributed by atoms with Gasteiger partial charge in [0.2, 0.25) is 5.88 Å². The first-order valence-corrected chi connectivity index (χ1v) is 7.74. The normalized spacial score (nSPS) is 14.2. The average Bonchev–Trinajstić information content (AvgIpc) is 2.54. The Bertz CT molecular complexity index is 757. The number of rotatable bonds is 3. The number of fused-ring (bicyclic) bond motifs is 1. The molecule has 0 fully saturated rings. The van der Waals surface area contributed by atoms with Crippen LogP contribution in [0.2, 0.25) is 0 Å². The molecule has 3 nitrogen and oxygen atoms in total. The Morgan fingerprint density at radius 1 is 1.17 bits per heavy atom. The van der Waals surface area contributed by atoms with Gasteiger partial charge in [-0.15, -0.1) is 13.2 Å². The van der Waals surface area contributed by atoms with E-state index in [0.717, 1.165) is 36.8 Å². The van der Waals surface area contributed by atoms with Crippen LogP contribution in [0.5, 0.6) is 11.6 Å². The lowest BCUT2D eigenvalue weighted by atomic mass is 9.85. The van der Waals surface area contributed by atoms with Gasteiger partial charge in [0.1, 0.15) is 5.75 Å². The second kappa shape index (κ2) is 6.34. The molecule has 0 spiro atoms. The molecule has 0 bridgehead atoms. The number of aromatic nitrogens is 1. The second-order valence-electron chi connectivity index (χ2n) is 5.70. The lowest BCUT2D eigenvalue weighted by Gasteiger charge is -2.24. The van der Waals surface area contributed by atoms with Crippen LogP contribution in [0.1, 0.15) is 29.7 Å². The van der Waals surface area contributed by atoms with Crippen LogP contribution in [0.3, 0.4) is 0 Å². The second-order valence-corrected chi connectivity index (χ2v) is 5.70. The largest absolute Gasteiger partial charge is 0.573 e. The Kier molecular flexibility index (Phi) is 4.39. The van der Waals surface area contributed by atoms with Crippen molar-refractivity contribution >= 4 is 0 Å². The molecule has 1 aromatic carbocycles. The van der Waals surface area contributed by atoms with Crippen LogP contribution < -0.4 is 9.47 Å². The standard InChI is InChI=1S/C18H17F3NO2/c1-11-16(12-7-3-4-8-13(12)17(22-11)23-2)14-9-5-6-10-15(14)24-18(19,20)21/h5-6,10H,3-4,7-8H2,1-2H3. The summed E-state index contributed by atoms with van der Waals surface area (Å²) in [6.07, 6.45) is -1.18. The highest BCUT2D eigenvalue weighted by atomic mass is 19.4. The van der Waals surface area contributed by atoms with Gasteiger partial charge in [0, 0.05) is 22.4 Å². The quantitative estimate of drug-likeness (QED) is 0.818. The maximum Gasteiger partial charge on any atom is 0.573 e. The molecule has 1 aromatic heterocycles. The number of halogens is 3. The van der Waals surface area contributed by atoms with Gasteiger partial charge in [0.15, 0.2) is 0 Å². The van der Waals surface area contributed by atoms with Gasteiger partial charge in [-0.1, -0.05) is 12.1 Å². The van der Waals surface area contributed by atoms with Gasteiger partial charge in [-0.2, -0.15) is 0 Å². The Morgan fingerprint density at radius 2 is 1.88 bits per heavy atom. The van der Waals surface area contributed by atoms with Crippen LogP contribution in [0, 0.1) is 13.0 Å². The lowest BCUT2D eigenvalue weighted by Crippen LogP contribution is -2.18. The monoisotopic (exact) mass is 336 g/mol. The van der Waals surface area contributed by atoms with Gasteiger partial charge in [0.05, 0.1) is 7.11 Å². The Balaban J connectivity index is 2.21. The van der Waals surface area contributed by atoms with Crippen molar-refractivity contribution < 1.29 is 22.6 Å². The number of aryl methyl sites for hydroxylation is 1. The molecule has 0 saturated heterocycles. The first kappa shape index (κ1) is 16.6. The predicted octanol–water partition coefficient (Wildman–Crippen LogP) is 4.64. The van der Waals surface area contributed by atoms with Crippen molar-refractivity contribution in [1.29, 1.82) is 0 Å². The third-order valence-electron chi connectivity index (χ3n) is 4.15. The van der Waals surface area contributed by atoms with Crippen molar-refractivity contribution in [3.8, 4) is 22.8 Å². The summed E-state index contributed by atoms with van der Waals surface area (Å²) < 4.78 is 47.7. The van der Waals surface area contributed by atoms with Crippen LogP contribution in [-0.2, 0) is 12.8 Å². The number of pyridine rings is 1. The lowest BCUT2D eigenvalue weighted by molar-refractivity contribution is -0.274. The zero-order valence-corrected chi connectivity index (χ0v) is 13.5. The van der Waals surface area contributed by atoms with E-state index < -0.39 is 6.36 Å². The molecule has 1 aliphatic carbocycles. The molecule has 0 atom stereocenters. The van der Waals surface area contributed by atoms with Gasteiger partial charge in [0.25, 0.3) is 0 Å². The molecule has 0 unspecified atom stereocenters. The number of hydrogen-bond acceptors (Lipinski definition) is 3. The van der Waals surface area contributed by atoms with E-state index in [2.05, 4.69) is 15.8 Å². The molecular formula is C18H17F3NO2. The van der Waals surface area contributed by atoms with E-state index in [1.165, 1.54) is 12.1 Å². The summed E-state index contributed by atoms with van der Waals surface area (Å²) >= 11 is 0. The third-order valence-corrected chi connectivity index (χ3v) is 4.15. The molecule has 24 heavy (non-hydrogen) atoms. The van der Waals surface area contributed by atoms with E-state index in [9.17, 15) is 13.2 Å². The van der Waals surface area contributed by atoms with Crippen LogP contribution >= 0.6 is 0 Å². The van der Waals surface area contributed by atoms with E-state index >= 15 is 0 Å². The fraction of sp³-hybridized carbons (Fsp3) is 0.389. The molecule has 0 aliphatic heterocycles. The summed E-state index contributed by atoms with van der Waals surface area (Å²) in [5.41, 5.74) is 3.53. The highest BCUT2D eigenvalue weighted by Crippen LogP contribution is 2.41. The maximum atomic E-state index is 12.7. The molecule has 2 aromatic rings. The van der Waals surface area contributed by atoms with Crippen LogP contribution in [-0.4, -0.2) is 18.5 Å². The smallest absolute Gasteiger partial charge is 0.481 e. The zero-order chi connectivity index (χ0) is 17.3. The summed E-state index contributed by atoms with van der Waals surface area (Å²) in [7, 11) is 1.56. The molecule has 6 heteroatoms. The van der Waals surface area contributed by atoms with E-state index in [4.69, 9.17) is 4.74 Å². The summed E-state index contributed by atoms with van der Waals surface area (Å²) in [4.78, 5) is 4.44. The predicted molar refractivity (Wildman–Crippen MR) is 83.1 cm³/mol. The van der Waals surface area contributed by atoms with Gasteiger partial charge in [-0.25, -0.2) is 4.98 Å². The Hall–Kier alpha value is -2.24. The topological polar surface area (TPSA) is 31.4 Å². The van der Waals surface area contributed by atoms with Crippen molar-refractivity contribution in [2.75, 3.05) is 7.11 Å². The van der Waals surface area contributed by atoms with Gasteiger partial charge in [-0.05, 0) is 50.3 Å². The zero-order valence-electron chi connectivity index (χ0n) is 13.5. The van der Waals surface area contributed by atoms with Crippen molar-refractivity contribution in [3.05, 3.63) is 41.1 Å². The Morgan fingerprint density at radius 3 is 2.54 bits per heavy atom.